The van der Waals surface area contributed by atoms with Gasteiger partial charge in [-0.05, 0) is 12.0 Å². The maximum atomic E-state index is 11.5. The van der Waals surface area contributed by atoms with Gasteiger partial charge >= 0.3 is 12.7 Å². The predicted molar refractivity (Wildman–Crippen MR) is 68.1 cm³/mol. The Balaban J connectivity index is 2.22. The minimum absolute atomic E-state index is 0.0192. The number of carboxylic acids is 1. The minimum Gasteiger partial charge on any atom is -0.669 e. The van der Waals surface area contributed by atoms with Crippen molar-refractivity contribution in [2.45, 2.75) is 12.7 Å². The number of aromatic nitrogens is 3. The van der Waals surface area contributed by atoms with E-state index in [1.807, 2.05) is 0 Å². The van der Waals surface area contributed by atoms with E-state index in [0.29, 0.717) is 23.2 Å². The third-order valence-electron chi connectivity index (χ3n) is 3.24. The molecule has 0 unspecified atom stereocenters. The molecule has 2 heterocycles. The first-order valence-electron chi connectivity index (χ1n) is 6.03. The van der Waals surface area contributed by atoms with Crippen LogP contribution in [0.5, 0.6) is 5.75 Å². The van der Waals surface area contributed by atoms with Crippen LogP contribution in [0.25, 0.3) is 11.3 Å². The summed E-state index contributed by atoms with van der Waals surface area (Å²) in [5.74, 6) is -1.25. The summed E-state index contributed by atoms with van der Waals surface area (Å²) in [4.78, 5) is 11.5. The fourth-order valence-corrected chi connectivity index (χ4v) is 2.31. The number of nitrogens with zero attached hydrogens (tertiary/aromatic N) is 2. The number of rotatable bonds is 2. The van der Waals surface area contributed by atoms with Crippen LogP contribution < -0.4 is 4.65 Å². The van der Waals surface area contributed by atoms with Gasteiger partial charge in [0.05, 0.1) is 11.9 Å². The van der Waals surface area contributed by atoms with E-state index in [1.54, 1.807) is 12.1 Å². The van der Waals surface area contributed by atoms with E-state index in [9.17, 15) is 19.9 Å². The summed E-state index contributed by atoms with van der Waals surface area (Å²) < 4.78 is 5.08. The van der Waals surface area contributed by atoms with Gasteiger partial charge in [0.15, 0.2) is 0 Å². The number of nitrogens with one attached hydrogen (secondary N) is 1. The third kappa shape index (κ3) is 2.02. The number of carbonyl (C=O) groups is 1. The fourth-order valence-electron chi connectivity index (χ4n) is 2.31. The number of aromatic carboxylic acids is 1. The Labute approximate surface area is 113 Å². The number of hydrogen-bond acceptors (Lipinski definition) is 6. The summed E-state index contributed by atoms with van der Waals surface area (Å²) in [6, 6.07) is 3.30. The van der Waals surface area contributed by atoms with E-state index in [2.05, 4.69) is 15.4 Å². The van der Waals surface area contributed by atoms with Crippen molar-refractivity contribution < 1.29 is 24.6 Å². The Hall–Kier alpha value is -2.39. The van der Waals surface area contributed by atoms with E-state index in [1.165, 1.54) is 6.20 Å². The molecular formula is C11H11BN3O5-. The topological polar surface area (TPSA) is 129 Å². The van der Waals surface area contributed by atoms with Crippen LogP contribution in [0.2, 0.25) is 6.32 Å². The molecule has 0 bridgehead atoms. The van der Waals surface area contributed by atoms with Gasteiger partial charge in [0.1, 0.15) is 11.3 Å². The van der Waals surface area contributed by atoms with Crippen molar-refractivity contribution in [2.24, 2.45) is 0 Å². The molecule has 8 nitrogen and oxygen atoms in total. The second-order valence-corrected chi connectivity index (χ2v) is 4.65. The molecule has 1 aliphatic rings. The molecule has 0 aliphatic carbocycles. The highest BCUT2D eigenvalue weighted by Crippen LogP contribution is 2.37. The van der Waals surface area contributed by atoms with Gasteiger partial charge in [0.25, 0.3) is 0 Å². The highest BCUT2D eigenvalue weighted by Gasteiger charge is 2.32. The van der Waals surface area contributed by atoms with Gasteiger partial charge in [0, 0.05) is 5.56 Å². The second kappa shape index (κ2) is 4.32. The zero-order valence-corrected chi connectivity index (χ0v) is 10.3. The Kier molecular flexibility index (Phi) is 2.73. The van der Waals surface area contributed by atoms with Crippen LogP contribution >= 0.6 is 0 Å². The number of carboxylic acid groups (broad SMARTS) is 1. The van der Waals surface area contributed by atoms with Crippen molar-refractivity contribution in [2.75, 3.05) is 0 Å². The number of H-pyrrole nitrogens is 1. The number of hydrogen-bond donors (Lipinski definition) is 4. The lowest BCUT2D eigenvalue weighted by atomic mass is 9.70. The minimum atomic E-state index is -3.02. The van der Waals surface area contributed by atoms with E-state index >= 15 is 0 Å². The van der Waals surface area contributed by atoms with Crippen LogP contribution in [-0.4, -0.2) is 43.3 Å². The van der Waals surface area contributed by atoms with Gasteiger partial charge in [0.2, 0.25) is 0 Å². The maximum Gasteiger partial charge on any atom is 0.430 e. The molecule has 2 aromatic rings. The molecule has 0 saturated carbocycles. The number of aryl methyl sites for hydroxylation is 1. The standard InChI is InChI=1S/C11H11BN3O5/c16-11(17)9-7(8-5-13-15-14-8)2-1-6-3-4-12(18,19)20-10(6)9/h1-2,5,18-19H,3-4H2,(H,16,17)(H,13,14,15)/q-1. The van der Waals surface area contributed by atoms with Gasteiger partial charge in [-0.25, -0.2) is 4.79 Å². The molecule has 0 radical (unpaired) electrons. The smallest absolute Gasteiger partial charge is 0.430 e. The molecule has 0 spiro atoms. The van der Waals surface area contributed by atoms with Crippen LogP contribution in [0.3, 0.4) is 0 Å². The lowest BCUT2D eigenvalue weighted by molar-refractivity contribution is 0.0694. The monoisotopic (exact) mass is 276 g/mol. The summed E-state index contributed by atoms with van der Waals surface area (Å²) in [6.07, 6.45) is 1.82. The molecule has 20 heavy (non-hydrogen) atoms. The summed E-state index contributed by atoms with van der Waals surface area (Å²) in [7, 11) is 0. The molecule has 4 N–H and O–H groups in total. The Morgan fingerprint density at radius 1 is 1.40 bits per heavy atom. The van der Waals surface area contributed by atoms with Gasteiger partial charge in [-0.3, -0.25) is 5.10 Å². The van der Waals surface area contributed by atoms with Gasteiger partial charge in [-0.2, -0.15) is 0 Å². The summed E-state index contributed by atoms with van der Waals surface area (Å²) >= 11 is 0. The van der Waals surface area contributed by atoms with Crippen LogP contribution in [-0.2, 0) is 6.42 Å². The molecule has 104 valence electrons. The van der Waals surface area contributed by atoms with Crippen LogP contribution in [0.15, 0.2) is 18.3 Å². The lowest BCUT2D eigenvalue weighted by Gasteiger charge is -2.37. The third-order valence-corrected chi connectivity index (χ3v) is 3.24. The van der Waals surface area contributed by atoms with E-state index < -0.39 is 12.7 Å². The molecular weight excluding hydrogens is 265 g/mol. The number of benzene rings is 1. The molecule has 0 saturated heterocycles. The molecule has 1 aliphatic heterocycles. The van der Waals surface area contributed by atoms with Crippen molar-refractivity contribution in [1.82, 2.24) is 15.4 Å². The molecule has 9 heteroatoms. The largest absolute Gasteiger partial charge is 0.669 e. The van der Waals surface area contributed by atoms with Gasteiger partial charge in [-0.15, -0.1) is 5.10 Å². The maximum absolute atomic E-state index is 11.5. The number of aromatic amines is 1. The fraction of sp³-hybridized carbons (Fsp3) is 0.182. The summed E-state index contributed by atoms with van der Waals surface area (Å²) in [5, 5.41) is 38.4. The highest BCUT2D eigenvalue weighted by atomic mass is 16.6. The Morgan fingerprint density at radius 3 is 2.85 bits per heavy atom. The zero-order chi connectivity index (χ0) is 14.3. The van der Waals surface area contributed by atoms with Crippen LogP contribution in [0, 0.1) is 0 Å². The van der Waals surface area contributed by atoms with Crippen molar-refractivity contribution in [3.63, 3.8) is 0 Å². The highest BCUT2D eigenvalue weighted by molar-refractivity contribution is 6.59. The normalized spacial score (nSPS) is 16.3. The first-order valence-corrected chi connectivity index (χ1v) is 6.03. The first-order chi connectivity index (χ1) is 9.48. The van der Waals surface area contributed by atoms with E-state index in [0.717, 1.165) is 0 Å². The quantitative estimate of drug-likeness (QED) is 0.569. The van der Waals surface area contributed by atoms with Crippen molar-refractivity contribution in [3.05, 3.63) is 29.5 Å². The molecule has 0 amide bonds. The molecule has 3 rings (SSSR count). The lowest BCUT2D eigenvalue weighted by Crippen LogP contribution is -2.45. The van der Waals surface area contributed by atoms with Crippen LogP contribution in [0.1, 0.15) is 15.9 Å². The Bertz CT molecular complexity index is 671. The second-order valence-electron chi connectivity index (χ2n) is 4.65. The molecule has 1 aromatic carbocycles. The molecule has 1 aromatic heterocycles. The van der Waals surface area contributed by atoms with E-state index in [-0.39, 0.29) is 17.6 Å². The van der Waals surface area contributed by atoms with Crippen molar-refractivity contribution >= 4 is 12.7 Å². The Morgan fingerprint density at radius 2 is 2.20 bits per heavy atom. The SMILES string of the molecule is O=C(O)c1c(-c2c[nH]nn2)ccc2c1O[B-](O)(O)CC2. The van der Waals surface area contributed by atoms with Crippen LogP contribution in [0.4, 0.5) is 0 Å². The molecule has 0 fully saturated rings. The van der Waals surface area contributed by atoms with Gasteiger partial charge < -0.3 is 19.8 Å². The summed E-state index contributed by atoms with van der Waals surface area (Å²) in [5.41, 5.74) is 1.12. The van der Waals surface area contributed by atoms with Gasteiger partial charge in [-0.1, -0.05) is 23.7 Å². The first kappa shape index (κ1) is 12.6. The zero-order valence-electron chi connectivity index (χ0n) is 10.3. The average molecular weight is 276 g/mol. The average Bonchev–Trinajstić information content (AvgIpc) is 2.89. The number of fused-ring (bicyclic) bond motifs is 1. The predicted octanol–water partition coefficient (Wildman–Crippen LogP) is 0.0283. The van der Waals surface area contributed by atoms with Crippen molar-refractivity contribution in [1.29, 1.82) is 0 Å². The van der Waals surface area contributed by atoms with E-state index in [4.69, 9.17) is 4.65 Å². The summed E-state index contributed by atoms with van der Waals surface area (Å²) in [6.45, 7) is -3.02. The molecule has 0 atom stereocenters. The van der Waals surface area contributed by atoms with Crippen molar-refractivity contribution in [3.8, 4) is 17.0 Å².